The zero-order chi connectivity index (χ0) is 20.5. The molecule has 1 aliphatic carbocycles. The van der Waals surface area contributed by atoms with Crippen LogP contribution in [0.2, 0.25) is 0 Å². The highest BCUT2D eigenvalue weighted by atomic mass is 32.2. The summed E-state index contributed by atoms with van der Waals surface area (Å²) in [6.07, 6.45) is 1.82. The number of rotatable bonds is 7. The van der Waals surface area contributed by atoms with Crippen LogP contribution in [0.1, 0.15) is 36.9 Å². The Morgan fingerprint density at radius 3 is 2.39 bits per heavy atom. The summed E-state index contributed by atoms with van der Waals surface area (Å²) in [5.74, 6) is 0.0867. The molecule has 0 heterocycles. The quantitative estimate of drug-likeness (QED) is 0.543. The molecular formula is C19H21N3O5S. The van der Waals surface area contributed by atoms with Crippen LogP contribution in [0, 0.1) is 23.0 Å². The second-order valence-electron chi connectivity index (χ2n) is 6.91. The van der Waals surface area contributed by atoms with E-state index in [1.165, 1.54) is 25.1 Å². The zero-order valence-corrected chi connectivity index (χ0v) is 16.3. The van der Waals surface area contributed by atoms with Gasteiger partial charge in [-0.1, -0.05) is 24.3 Å². The average molecular weight is 403 g/mol. The molecule has 1 unspecified atom stereocenters. The first-order valence-corrected chi connectivity index (χ1v) is 10.3. The maximum atomic E-state index is 12.8. The molecule has 2 aromatic rings. The molecule has 9 heteroatoms. The molecule has 1 atom stereocenters. The van der Waals surface area contributed by atoms with Crippen molar-refractivity contribution < 1.29 is 18.1 Å². The number of carbonyl (C=O) groups is 1. The minimum Gasteiger partial charge on any atom is -0.326 e. The maximum absolute atomic E-state index is 12.8. The molecule has 1 saturated carbocycles. The van der Waals surface area contributed by atoms with Crippen molar-refractivity contribution in [2.75, 3.05) is 5.32 Å². The van der Waals surface area contributed by atoms with Crippen molar-refractivity contribution in [3.8, 4) is 0 Å². The molecule has 0 saturated heterocycles. The Hall–Kier alpha value is -2.78. The minimum absolute atomic E-state index is 0.00614. The van der Waals surface area contributed by atoms with E-state index in [9.17, 15) is 23.3 Å². The van der Waals surface area contributed by atoms with Crippen molar-refractivity contribution in [3.05, 3.63) is 63.7 Å². The van der Waals surface area contributed by atoms with Gasteiger partial charge in [-0.15, -0.1) is 0 Å². The predicted molar refractivity (Wildman–Crippen MR) is 104 cm³/mol. The number of hydrogen-bond donors (Lipinski definition) is 2. The molecule has 148 valence electrons. The number of hydrogen-bond acceptors (Lipinski definition) is 5. The molecule has 0 spiro atoms. The monoisotopic (exact) mass is 403 g/mol. The van der Waals surface area contributed by atoms with Gasteiger partial charge in [0.1, 0.15) is 0 Å². The Labute approximate surface area is 163 Å². The number of carbonyl (C=O) groups excluding carboxylic acids is 1. The minimum atomic E-state index is -4.11. The number of aryl methyl sites for hydroxylation is 1. The fourth-order valence-corrected chi connectivity index (χ4v) is 4.56. The van der Waals surface area contributed by atoms with E-state index in [1.807, 2.05) is 0 Å². The number of anilines is 1. The smallest absolute Gasteiger partial charge is 0.289 e. The molecule has 3 rings (SSSR count). The summed E-state index contributed by atoms with van der Waals surface area (Å²) >= 11 is 0. The number of benzene rings is 2. The molecule has 1 aliphatic rings. The molecule has 1 fully saturated rings. The highest BCUT2D eigenvalue weighted by molar-refractivity contribution is 7.89. The highest BCUT2D eigenvalue weighted by Crippen LogP contribution is 2.31. The van der Waals surface area contributed by atoms with Crippen molar-refractivity contribution >= 4 is 27.3 Å². The summed E-state index contributed by atoms with van der Waals surface area (Å²) in [5, 5.41) is 14.1. The van der Waals surface area contributed by atoms with E-state index in [2.05, 4.69) is 10.0 Å². The second-order valence-corrected chi connectivity index (χ2v) is 8.56. The van der Waals surface area contributed by atoms with E-state index in [0.717, 1.165) is 12.8 Å². The van der Waals surface area contributed by atoms with Crippen molar-refractivity contribution in [1.82, 2.24) is 4.72 Å². The van der Waals surface area contributed by atoms with Crippen LogP contribution in [0.15, 0.2) is 47.4 Å². The predicted octanol–water partition coefficient (Wildman–Crippen LogP) is 3.29. The Kier molecular flexibility index (Phi) is 5.48. The van der Waals surface area contributed by atoms with Crippen molar-refractivity contribution in [3.63, 3.8) is 0 Å². The van der Waals surface area contributed by atoms with E-state index in [4.69, 9.17) is 0 Å². The second kappa shape index (κ2) is 7.69. The summed E-state index contributed by atoms with van der Waals surface area (Å²) in [7, 11) is -4.11. The summed E-state index contributed by atoms with van der Waals surface area (Å²) in [6.45, 7) is 3.17. The number of nitrogens with one attached hydrogen (secondary N) is 2. The third kappa shape index (κ3) is 4.37. The lowest BCUT2D eigenvalue weighted by molar-refractivity contribution is -0.387. The van der Waals surface area contributed by atoms with E-state index in [0.29, 0.717) is 16.8 Å². The molecule has 0 bridgehead atoms. The molecule has 8 nitrogen and oxygen atoms in total. The van der Waals surface area contributed by atoms with Crippen LogP contribution >= 0.6 is 0 Å². The van der Waals surface area contributed by atoms with E-state index in [1.54, 1.807) is 31.2 Å². The van der Waals surface area contributed by atoms with Crippen molar-refractivity contribution in [2.45, 2.75) is 37.6 Å². The van der Waals surface area contributed by atoms with Gasteiger partial charge in [-0.3, -0.25) is 14.9 Å². The maximum Gasteiger partial charge on any atom is 0.289 e. The Morgan fingerprint density at radius 2 is 1.82 bits per heavy atom. The lowest BCUT2D eigenvalue weighted by Crippen LogP contribution is -2.28. The Morgan fingerprint density at radius 1 is 1.18 bits per heavy atom. The summed E-state index contributed by atoms with van der Waals surface area (Å²) in [6, 6.07) is 10.4. The highest BCUT2D eigenvalue weighted by Gasteiger charge is 2.30. The van der Waals surface area contributed by atoms with Gasteiger partial charge in [-0.25, -0.2) is 13.1 Å². The third-order valence-electron chi connectivity index (χ3n) is 4.61. The molecule has 0 aromatic heterocycles. The molecule has 0 aliphatic heterocycles. The summed E-state index contributed by atoms with van der Waals surface area (Å²) in [5.41, 5.74) is 1.15. The van der Waals surface area contributed by atoms with Crippen LogP contribution in [-0.2, 0) is 14.8 Å². The number of nitro benzene ring substituents is 1. The number of nitrogens with zero attached hydrogens (tertiary/aromatic N) is 1. The van der Waals surface area contributed by atoms with Gasteiger partial charge in [-0.05, 0) is 49.9 Å². The molecule has 28 heavy (non-hydrogen) atoms. The van der Waals surface area contributed by atoms with E-state index >= 15 is 0 Å². The van der Waals surface area contributed by atoms with Gasteiger partial charge in [0.2, 0.25) is 15.9 Å². The van der Waals surface area contributed by atoms with Gasteiger partial charge in [0.15, 0.2) is 4.90 Å². The van der Waals surface area contributed by atoms with Gasteiger partial charge < -0.3 is 5.32 Å². The Bertz CT molecular complexity index is 1010. The first-order valence-electron chi connectivity index (χ1n) is 8.86. The molecule has 0 radical (unpaired) electrons. The van der Waals surface area contributed by atoms with Gasteiger partial charge in [0.05, 0.1) is 4.92 Å². The van der Waals surface area contributed by atoms with Crippen LogP contribution in [0.25, 0.3) is 0 Å². The lowest BCUT2D eigenvalue weighted by Gasteiger charge is -2.16. The number of nitro groups is 1. The first kappa shape index (κ1) is 20.0. The first-order chi connectivity index (χ1) is 13.2. The topological polar surface area (TPSA) is 118 Å². The van der Waals surface area contributed by atoms with E-state index in [-0.39, 0.29) is 16.7 Å². The standard InChI is InChI=1S/C19H21N3O5S/c1-12-4-3-5-17(22(24)25)18(12)28(26,27)21-13(2)14-8-10-16(11-9-14)20-19(23)15-6-7-15/h3-5,8-11,13,15,21H,6-7H2,1-2H3,(H,20,23). The molecule has 2 N–H and O–H groups in total. The normalized spacial score (nSPS) is 15.1. The summed E-state index contributed by atoms with van der Waals surface area (Å²) < 4.78 is 28.1. The lowest BCUT2D eigenvalue weighted by atomic mass is 10.1. The number of sulfonamides is 1. The van der Waals surface area contributed by atoms with E-state index < -0.39 is 26.7 Å². The third-order valence-corrected chi connectivity index (χ3v) is 6.35. The van der Waals surface area contributed by atoms with Crippen molar-refractivity contribution in [1.29, 1.82) is 0 Å². The van der Waals surface area contributed by atoms with Crippen LogP contribution in [0.3, 0.4) is 0 Å². The van der Waals surface area contributed by atoms with Crippen molar-refractivity contribution in [2.24, 2.45) is 5.92 Å². The largest absolute Gasteiger partial charge is 0.326 e. The fourth-order valence-electron chi connectivity index (χ4n) is 2.94. The average Bonchev–Trinajstić information content (AvgIpc) is 3.46. The molecule has 1 amide bonds. The van der Waals surface area contributed by atoms with Crippen LogP contribution in [0.5, 0.6) is 0 Å². The zero-order valence-electron chi connectivity index (χ0n) is 15.5. The van der Waals surface area contributed by atoms with Gasteiger partial charge in [0.25, 0.3) is 5.69 Å². The van der Waals surface area contributed by atoms with Gasteiger partial charge in [0, 0.05) is 23.7 Å². The van der Waals surface area contributed by atoms with Crippen LogP contribution in [0.4, 0.5) is 11.4 Å². The fraction of sp³-hybridized carbons (Fsp3) is 0.316. The molecular weight excluding hydrogens is 382 g/mol. The molecule has 2 aromatic carbocycles. The SMILES string of the molecule is Cc1cccc([N+](=O)[O-])c1S(=O)(=O)NC(C)c1ccc(NC(=O)C2CC2)cc1. The number of amides is 1. The van der Waals surface area contributed by atoms with Crippen LogP contribution < -0.4 is 10.0 Å². The Balaban J connectivity index is 1.77. The van der Waals surface area contributed by atoms with Crippen LogP contribution in [-0.4, -0.2) is 19.2 Å². The summed E-state index contributed by atoms with van der Waals surface area (Å²) in [4.78, 5) is 22.0. The van der Waals surface area contributed by atoms with Gasteiger partial charge in [-0.2, -0.15) is 0 Å². The van der Waals surface area contributed by atoms with Gasteiger partial charge >= 0.3 is 0 Å².